The Morgan fingerprint density at radius 2 is 2.26 bits per heavy atom. The monoisotopic (exact) mass is 257 g/mol. The van der Waals surface area contributed by atoms with Crippen molar-refractivity contribution in [2.24, 2.45) is 0 Å². The van der Waals surface area contributed by atoms with Gasteiger partial charge in [0.1, 0.15) is 0 Å². The molecule has 1 aromatic carbocycles. The lowest BCUT2D eigenvalue weighted by molar-refractivity contribution is -0.383. The van der Waals surface area contributed by atoms with E-state index in [1.165, 1.54) is 6.07 Å². The van der Waals surface area contributed by atoms with Crippen LogP contribution in [0, 0.1) is 10.1 Å². The van der Waals surface area contributed by atoms with Crippen LogP contribution in [0.3, 0.4) is 0 Å². The fourth-order valence-electron chi connectivity index (χ4n) is 2.03. The molecule has 0 amide bonds. The second kappa shape index (κ2) is 5.48. The van der Waals surface area contributed by atoms with Crippen LogP contribution in [0.15, 0.2) is 43.2 Å². The Morgan fingerprint density at radius 3 is 2.95 bits per heavy atom. The number of nitro groups is 1. The maximum absolute atomic E-state index is 11.0. The first-order chi connectivity index (χ1) is 9.13. The molecule has 19 heavy (non-hydrogen) atoms. The van der Waals surface area contributed by atoms with Gasteiger partial charge in [0, 0.05) is 35.6 Å². The first kappa shape index (κ1) is 13.0. The first-order valence-corrected chi connectivity index (χ1v) is 6.02. The second-order valence-corrected chi connectivity index (χ2v) is 4.38. The zero-order valence-electron chi connectivity index (χ0n) is 10.7. The molecule has 0 radical (unpaired) electrons. The quantitative estimate of drug-likeness (QED) is 0.505. The Bertz CT molecular complexity index is 625. The molecule has 2 aromatic rings. The van der Waals surface area contributed by atoms with Crippen LogP contribution in [-0.4, -0.2) is 15.9 Å². The smallest absolute Gasteiger partial charge is 0.277 e. The standard InChI is InChI=1S/C14H15N3O2/c1-3-4-10(2)16-13-5-6-14(17(18)19)11-7-8-15-9-12(11)13/h3,5-10,16H,1,4H2,2H3. The number of benzene rings is 1. The van der Waals surface area contributed by atoms with Gasteiger partial charge in [0.05, 0.1) is 10.3 Å². The van der Waals surface area contributed by atoms with Gasteiger partial charge in [0.15, 0.2) is 0 Å². The van der Waals surface area contributed by atoms with Crippen molar-refractivity contribution in [1.29, 1.82) is 0 Å². The van der Waals surface area contributed by atoms with E-state index < -0.39 is 0 Å². The van der Waals surface area contributed by atoms with Crippen LogP contribution in [0.5, 0.6) is 0 Å². The zero-order valence-corrected chi connectivity index (χ0v) is 10.7. The van der Waals surface area contributed by atoms with Crippen LogP contribution in [0.4, 0.5) is 11.4 Å². The van der Waals surface area contributed by atoms with Crippen LogP contribution in [0.1, 0.15) is 13.3 Å². The highest BCUT2D eigenvalue weighted by atomic mass is 16.6. The molecule has 0 saturated carbocycles. The Balaban J connectivity index is 2.49. The summed E-state index contributed by atoms with van der Waals surface area (Å²) in [6.07, 6.45) is 5.86. The fourth-order valence-corrected chi connectivity index (χ4v) is 2.03. The van der Waals surface area contributed by atoms with Crippen LogP contribution in [0.2, 0.25) is 0 Å². The molecular weight excluding hydrogens is 242 g/mol. The summed E-state index contributed by atoms with van der Waals surface area (Å²) in [4.78, 5) is 14.7. The maximum atomic E-state index is 11.0. The minimum Gasteiger partial charge on any atom is -0.382 e. The third kappa shape index (κ3) is 2.70. The molecule has 1 N–H and O–H groups in total. The summed E-state index contributed by atoms with van der Waals surface area (Å²) in [6, 6.07) is 5.12. The van der Waals surface area contributed by atoms with Gasteiger partial charge >= 0.3 is 0 Å². The van der Waals surface area contributed by atoms with E-state index in [0.29, 0.717) is 5.39 Å². The largest absolute Gasteiger partial charge is 0.382 e. The van der Waals surface area contributed by atoms with Crippen molar-refractivity contribution in [3.63, 3.8) is 0 Å². The van der Waals surface area contributed by atoms with E-state index in [1.807, 2.05) is 13.0 Å². The number of nitrogens with one attached hydrogen (secondary N) is 1. The summed E-state index contributed by atoms with van der Waals surface area (Å²) in [6.45, 7) is 5.73. The molecule has 0 aliphatic rings. The van der Waals surface area contributed by atoms with Gasteiger partial charge in [0.2, 0.25) is 0 Å². The number of nitrogens with zero attached hydrogens (tertiary/aromatic N) is 2. The molecule has 0 aliphatic carbocycles. The van der Waals surface area contributed by atoms with Gasteiger partial charge in [0.25, 0.3) is 5.69 Å². The Labute approximate surface area is 111 Å². The Morgan fingerprint density at radius 1 is 1.47 bits per heavy atom. The summed E-state index contributed by atoms with van der Waals surface area (Å²) >= 11 is 0. The zero-order chi connectivity index (χ0) is 13.8. The predicted octanol–water partition coefficient (Wildman–Crippen LogP) is 3.52. The van der Waals surface area contributed by atoms with E-state index in [0.717, 1.165) is 17.5 Å². The first-order valence-electron chi connectivity index (χ1n) is 6.02. The molecule has 1 atom stereocenters. The molecule has 2 rings (SSSR count). The number of pyridine rings is 1. The van der Waals surface area contributed by atoms with Crippen LogP contribution < -0.4 is 5.32 Å². The number of nitro benzene ring substituents is 1. The lowest BCUT2D eigenvalue weighted by Crippen LogP contribution is -2.14. The van der Waals surface area contributed by atoms with Crippen LogP contribution >= 0.6 is 0 Å². The molecule has 0 aliphatic heterocycles. The molecule has 0 bridgehead atoms. The van der Waals surface area contributed by atoms with Gasteiger partial charge < -0.3 is 5.32 Å². The summed E-state index contributed by atoms with van der Waals surface area (Å²) in [7, 11) is 0. The molecule has 98 valence electrons. The van der Waals surface area contributed by atoms with Crippen LogP contribution in [0.25, 0.3) is 10.8 Å². The summed E-state index contributed by atoms with van der Waals surface area (Å²) in [5.41, 5.74) is 0.947. The Hall–Kier alpha value is -2.43. The summed E-state index contributed by atoms with van der Waals surface area (Å²) in [5, 5.41) is 15.7. The van der Waals surface area contributed by atoms with E-state index >= 15 is 0 Å². The molecular formula is C14H15N3O2. The predicted molar refractivity (Wildman–Crippen MR) is 76.3 cm³/mol. The van der Waals surface area contributed by atoms with Gasteiger partial charge in [-0.3, -0.25) is 15.1 Å². The maximum Gasteiger partial charge on any atom is 0.277 e. The third-order valence-electron chi connectivity index (χ3n) is 2.91. The van der Waals surface area contributed by atoms with Crippen molar-refractivity contribution in [2.75, 3.05) is 5.32 Å². The molecule has 5 heteroatoms. The highest BCUT2D eigenvalue weighted by molar-refractivity contribution is 5.99. The molecule has 1 aromatic heterocycles. The van der Waals surface area contributed by atoms with Crippen molar-refractivity contribution >= 4 is 22.1 Å². The number of anilines is 1. The third-order valence-corrected chi connectivity index (χ3v) is 2.91. The summed E-state index contributed by atoms with van der Waals surface area (Å²) < 4.78 is 0. The molecule has 5 nitrogen and oxygen atoms in total. The van der Waals surface area contributed by atoms with E-state index in [9.17, 15) is 10.1 Å². The molecule has 0 spiro atoms. The topological polar surface area (TPSA) is 68.1 Å². The highest BCUT2D eigenvalue weighted by Crippen LogP contribution is 2.31. The minimum atomic E-state index is -0.376. The fraction of sp³-hybridized carbons (Fsp3) is 0.214. The van der Waals surface area contributed by atoms with E-state index in [2.05, 4.69) is 16.9 Å². The normalized spacial score (nSPS) is 12.1. The van der Waals surface area contributed by atoms with Crippen molar-refractivity contribution in [3.8, 4) is 0 Å². The van der Waals surface area contributed by atoms with Crippen molar-refractivity contribution in [2.45, 2.75) is 19.4 Å². The minimum absolute atomic E-state index is 0.0966. The Kier molecular flexibility index (Phi) is 3.75. The van der Waals surface area contributed by atoms with E-state index in [-0.39, 0.29) is 16.7 Å². The number of fused-ring (bicyclic) bond motifs is 1. The van der Waals surface area contributed by atoms with Gasteiger partial charge in [-0.1, -0.05) is 6.08 Å². The van der Waals surface area contributed by atoms with Crippen molar-refractivity contribution < 1.29 is 4.92 Å². The van der Waals surface area contributed by atoms with Gasteiger partial charge in [-0.05, 0) is 25.5 Å². The highest BCUT2D eigenvalue weighted by Gasteiger charge is 2.14. The van der Waals surface area contributed by atoms with E-state index in [1.54, 1.807) is 24.5 Å². The van der Waals surface area contributed by atoms with Crippen molar-refractivity contribution in [3.05, 3.63) is 53.4 Å². The number of hydrogen-bond acceptors (Lipinski definition) is 4. The number of rotatable bonds is 5. The lowest BCUT2D eigenvalue weighted by Gasteiger charge is -2.15. The average molecular weight is 257 g/mol. The average Bonchev–Trinajstić information content (AvgIpc) is 2.39. The van der Waals surface area contributed by atoms with Crippen molar-refractivity contribution in [1.82, 2.24) is 4.98 Å². The molecule has 0 fully saturated rings. The number of hydrogen-bond donors (Lipinski definition) is 1. The number of non-ortho nitro benzene ring substituents is 1. The van der Waals surface area contributed by atoms with Gasteiger partial charge in [-0.25, -0.2) is 0 Å². The molecule has 0 saturated heterocycles. The molecule has 1 unspecified atom stereocenters. The number of aromatic nitrogens is 1. The summed E-state index contributed by atoms with van der Waals surface area (Å²) in [5.74, 6) is 0. The van der Waals surface area contributed by atoms with E-state index in [4.69, 9.17) is 0 Å². The SMILES string of the molecule is C=CCC(C)Nc1ccc([N+](=O)[O-])c2ccncc12. The van der Waals surface area contributed by atoms with Gasteiger partial charge in [-0.2, -0.15) is 0 Å². The molecule has 1 heterocycles. The van der Waals surface area contributed by atoms with Crippen LogP contribution in [-0.2, 0) is 0 Å². The lowest BCUT2D eigenvalue weighted by atomic mass is 10.1. The second-order valence-electron chi connectivity index (χ2n) is 4.38. The van der Waals surface area contributed by atoms with Gasteiger partial charge in [-0.15, -0.1) is 6.58 Å².